The van der Waals surface area contributed by atoms with Crippen molar-refractivity contribution in [1.29, 1.82) is 0 Å². The predicted molar refractivity (Wildman–Crippen MR) is 57.3 cm³/mol. The van der Waals surface area contributed by atoms with Gasteiger partial charge in [-0.15, -0.1) is 0 Å². The van der Waals surface area contributed by atoms with E-state index in [-0.39, 0.29) is 6.54 Å². The third-order valence-corrected chi connectivity index (χ3v) is 1.80. The van der Waals surface area contributed by atoms with Gasteiger partial charge in [0.25, 0.3) is 0 Å². The van der Waals surface area contributed by atoms with Crippen LogP contribution in [0.2, 0.25) is 0 Å². The lowest BCUT2D eigenvalue weighted by atomic mass is 10.2. The summed E-state index contributed by atoms with van der Waals surface area (Å²) in [7, 11) is 1.27. The number of benzene rings is 1. The topological polar surface area (TPSA) is 87.7 Å². The van der Waals surface area contributed by atoms with E-state index >= 15 is 0 Å². The van der Waals surface area contributed by atoms with Crippen molar-refractivity contribution >= 4 is 17.9 Å². The van der Waals surface area contributed by atoms with Gasteiger partial charge in [0.05, 0.1) is 7.11 Å². The number of carbonyl (C=O) groups is 2. The summed E-state index contributed by atoms with van der Waals surface area (Å²) in [5.41, 5.74) is 1.30. The van der Waals surface area contributed by atoms with Crippen LogP contribution in [0.3, 0.4) is 0 Å². The lowest BCUT2D eigenvalue weighted by Crippen LogP contribution is -2.20. The van der Waals surface area contributed by atoms with E-state index in [9.17, 15) is 9.59 Å². The van der Waals surface area contributed by atoms with Gasteiger partial charge < -0.3 is 15.2 Å². The SMILES string of the molecule is COC(=O)Nc1cccc(CNC(=O)O)c1. The summed E-state index contributed by atoms with van der Waals surface area (Å²) in [6, 6.07) is 6.80. The molecule has 0 bridgehead atoms. The van der Waals surface area contributed by atoms with Gasteiger partial charge in [-0.2, -0.15) is 0 Å². The Bertz CT molecular complexity index is 392. The first-order valence-electron chi connectivity index (χ1n) is 4.52. The Morgan fingerprint density at radius 3 is 2.81 bits per heavy atom. The lowest BCUT2D eigenvalue weighted by molar-refractivity contribution is 0.186. The smallest absolute Gasteiger partial charge is 0.411 e. The molecule has 0 heterocycles. The highest BCUT2D eigenvalue weighted by molar-refractivity contribution is 5.84. The third kappa shape index (κ3) is 3.87. The summed E-state index contributed by atoms with van der Waals surface area (Å²) in [4.78, 5) is 21.2. The van der Waals surface area contributed by atoms with Crippen LogP contribution in [0.25, 0.3) is 0 Å². The van der Waals surface area contributed by atoms with E-state index in [1.165, 1.54) is 7.11 Å². The molecule has 1 aromatic carbocycles. The lowest BCUT2D eigenvalue weighted by Gasteiger charge is -2.06. The number of anilines is 1. The molecule has 86 valence electrons. The summed E-state index contributed by atoms with van der Waals surface area (Å²) in [5, 5.41) is 13.1. The van der Waals surface area contributed by atoms with Crippen molar-refractivity contribution in [2.45, 2.75) is 6.54 Å². The number of methoxy groups -OCH3 is 1. The number of rotatable bonds is 3. The summed E-state index contributed by atoms with van der Waals surface area (Å²) in [6.45, 7) is 0.187. The Balaban J connectivity index is 2.63. The maximum atomic E-state index is 10.9. The third-order valence-electron chi connectivity index (χ3n) is 1.80. The second-order valence-electron chi connectivity index (χ2n) is 2.98. The average molecular weight is 224 g/mol. The van der Waals surface area contributed by atoms with Crippen LogP contribution in [0.5, 0.6) is 0 Å². The molecule has 0 spiro atoms. The van der Waals surface area contributed by atoms with Gasteiger partial charge in [0.1, 0.15) is 0 Å². The number of hydrogen-bond donors (Lipinski definition) is 3. The summed E-state index contributed by atoms with van der Waals surface area (Å²) < 4.78 is 4.43. The van der Waals surface area contributed by atoms with E-state index in [1.54, 1.807) is 24.3 Å². The molecule has 0 saturated heterocycles. The Labute approximate surface area is 92.2 Å². The zero-order chi connectivity index (χ0) is 12.0. The number of nitrogens with one attached hydrogen (secondary N) is 2. The highest BCUT2D eigenvalue weighted by Gasteiger charge is 2.02. The first-order valence-corrected chi connectivity index (χ1v) is 4.52. The monoisotopic (exact) mass is 224 g/mol. The fourth-order valence-electron chi connectivity index (χ4n) is 1.11. The highest BCUT2D eigenvalue weighted by Crippen LogP contribution is 2.10. The standard InChI is InChI=1S/C10H12N2O4/c1-16-10(15)12-8-4-2-3-7(5-8)6-11-9(13)14/h2-5,11H,6H2,1H3,(H,12,15)(H,13,14). The maximum Gasteiger partial charge on any atom is 0.411 e. The first kappa shape index (κ1) is 11.8. The van der Waals surface area contributed by atoms with Gasteiger partial charge in [-0.1, -0.05) is 12.1 Å². The molecular weight excluding hydrogens is 212 g/mol. The molecule has 0 aromatic heterocycles. The van der Waals surface area contributed by atoms with Crippen LogP contribution in [0.15, 0.2) is 24.3 Å². The Kier molecular flexibility index (Phi) is 4.14. The van der Waals surface area contributed by atoms with E-state index in [0.29, 0.717) is 5.69 Å². The number of carbonyl (C=O) groups excluding carboxylic acids is 1. The fraction of sp³-hybridized carbons (Fsp3) is 0.200. The van der Waals surface area contributed by atoms with E-state index in [2.05, 4.69) is 15.4 Å². The quantitative estimate of drug-likeness (QED) is 0.728. The van der Waals surface area contributed by atoms with Gasteiger partial charge in [0.2, 0.25) is 0 Å². The van der Waals surface area contributed by atoms with Crippen LogP contribution < -0.4 is 10.6 Å². The molecule has 3 N–H and O–H groups in total. The van der Waals surface area contributed by atoms with Crippen LogP contribution in [0.1, 0.15) is 5.56 Å². The largest absolute Gasteiger partial charge is 0.465 e. The van der Waals surface area contributed by atoms with Crippen LogP contribution in [-0.4, -0.2) is 24.4 Å². The van der Waals surface area contributed by atoms with Crippen LogP contribution in [0.4, 0.5) is 15.3 Å². The molecule has 16 heavy (non-hydrogen) atoms. The molecular formula is C10H12N2O4. The van der Waals surface area contributed by atoms with Gasteiger partial charge >= 0.3 is 12.2 Å². The van der Waals surface area contributed by atoms with Crippen molar-refractivity contribution in [3.8, 4) is 0 Å². The zero-order valence-corrected chi connectivity index (χ0v) is 8.69. The Morgan fingerprint density at radius 1 is 1.44 bits per heavy atom. The van der Waals surface area contributed by atoms with Crippen molar-refractivity contribution in [2.75, 3.05) is 12.4 Å². The molecule has 6 heteroatoms. The molecule has 0 atom stereocenters. The first-order chi connectivity index (χ1) is 7.61. The highest BCUT2D eigenvalue weighted by atomic mass is 16.5. The van der Waals surface area contributed by atoms with Gasteiger partial charge in [-0.3, -0.25) is 5.32 Å². The summed E-state index contributed by atoms with van der Waals surface area (Å²) >= 11 is 0. The molecule has 0 saturated carbocycles. The second kappa shape index (κ2) is 5.59. The van der Waals surface area contributed by atoms with Crippen molar-refractivity contribution in [1.82, 2.24) is 5.32 Å². The Morgan fingerprint density at radius 2 is 2.19 bits per heavy atom. The molecule has 1 rings (SSSR count). The minimum absolute atomic E-state index is 0.187. The molecule has 0 radical (unpaired) electrons. The molecule has 6 nitrogen and oxygen atoms in total. The van der Waals surface area contributed by atoms with Crippen molar-refractivity contribution in [3.05, 3.63) is 29.8 Å². The van der Waals surface area contributed by atoms with Gasteiger partial charge in [0.15, 0.2) is 0 Å². The number of ether oxygens (including phenoxy) is 1. The van der Waals surface area contributed by atoms with Gasteiger partial charge in [-0.05, 0) is 17.7 Å². The predicted octanol–water partition coefficient (Wildman–Crippen LogP) is 1.63. The van der Waals surface area contributed by atoms with Crippen LogP contribution in [-0.2, 0) is 11.3 Å². The minimum atomic E-state index is -1.09. The summed E-state index contributed by atoms with van der Waals surface area (Å²) in [5.74, 6) is 0. The maximum absolute atomic E-state index is 10.9. The molecule has 0 unspecified atom stereocenters. The van der Waals surface area contributed by atoms with Crippen molar-refractivity contribution in [2.24, 2.45) is 0 Å². The molecule has 0 aliphatic carbocycles. The molecule has 0 aliphatic rings. The number of amides is 2. The van der Waals surface area contributed by atoms with Gasteiger partial charge in [0, 0.05) is 12.2 Å². The Hall–Kier alpha value is -2.24. The number of carboxylic acid groups (broad SMARTS) is 1. The fourth-order valence-corrected chi connectivity index (χ4v) is 1.11. The van der Waals surface area contributed by atoms with Crippen LogP contribution >= 0.6 is 0 Å². The normalized spacial score (nSPS) is 9.31. The molecule has 2 amide bonds. The van der Waals surface area contributed by atoms with Crippen molar-refractivity contribution in [3.63, 3.8) is 0 Å². The van der Waals surface area contributed by atoms with E-state index in [1.807, 2.05) is 0 Å². The van der Waals surface area contributed by atoms with Gasteiger partial charge in [-0.25, -0.2) is 9.59 Å². The van der Waals surface area contributed by atoms with E-state index in [0.717, 1.165) is 5.56 Å². The minimum Gasteiger partial charge on any atom is -0.465 e. The van der Waals surface area contributed by atoms with Crippen molar-refractivity contribution < 1.29 is 19.4 Å². The second-order valence-corrected chi connectivity index (χ2v) is 2.98. The summed E-state index contributed by atoms with van der Waals surface area (Å²) in [6.07, 6.45) is -1.66. The van der Waals surface area contributed by atoms with E-state index < -0.39 is 12.2 Å². The molecule has 0 fully saturated rings. The van der Waals surface area contributed by atoms with E-state index in [4.69, 9.17) is 5.11 Å². The molecule has 0 aliphatic heterocycles. The molecule has 1 aromatic rings. The average Bonchev–Trinajstić information content (AvgIpc) is 2.26. The number of hydrogen-bond acceptors (Lipinski definition) is 3. The zero-order valence-electron chi connectivity index (χ0n) is 8.69. The van der Waals surface area contributed by atoms with Crippen LogP contribution in [0, 0.1) is 0 Å².